The molecule has 1 saturated heterocycles. The molecule has 1 aliphatic rings. The number of nitrogens with one attached hydrogen (secondary N) is 1. The van der Waals surface area contributed by atoms with Crippen molar-refractivity contribution < 1.29 is 22.7 Å². The Hall–Kier alpha value is -2.84. The van der Waals surface area contributed by atoms with Gasteiger partial charge in [-0.1, -0.05) is 12.1 Å². The van der Waals surface area contributed by atoms with Crippen molar-refractivity contribution in [2.24, 2.45) is 0 Å². The van der Waals surface area contributed by atoms with Crippen LogP contribution in [0.2, 0.25) is 0 Å². The van der Waals surface area contributed by atoms with Crippen LogP contribution in [0.3, 0.4) is 0 Å². The summed E-state index contributed by atoms with van der Waals surface area (Å²) in [5.41, 5.74) is 1.19. The lowest BCUT2D eigenvalue weighted by Gasteiger charge is -2.25. The zero-order valence-electron chi connectivity index (χ0n) is 15.5. The maximum Gasteiger partial charge on any atom is 0.261 e. The third kappa shape index (κ3) is 5.11. The van der Waals surface area contributed by atoms with E-state index in [9.17, 15) is 13.2 Å². The Morgan fingerprint density at radius 1 is 1.07 bits per heavy atom. The summed E-state index contributed by atoms with van der Waals surface area (Å²) in [5, 5.41) is 0. The molecule has 1 fully saturated rings. The predicted molar refractivity (Wildman–Crippen MR) is 107 cm³/mol. The first-order valence-corrected chi connectivity index (χ1v) is 10.3. The molecule has 0 aromatic heterocycles. The third-order valence-corrected chi connectivity index (χ3v) is 5.67. The number of morpholine rings is 1. The van der Waals surface area contributed by atoms with E-state index < -0.39 is 10.0 Å². The van der Waals surface area contributed by atoms with Gasteiger partial charge in [0, 0.05) is 24.9 Å². The fourth-order valence-electron chi connectivity index (χ4n) is 2.69. The first kappa shape index (κ1) is 19.9. The van der Waals surface area contributed by atoms with Gasteiger partial charge in [-0.2, -0.15) is 0 Å². The van der Waals surface area contributed by atoms with Crippen LogP contribution >= 0.6 is 0 Å². The lowest BCUT2D eigenvalue weighted by atomic mass is 10.2. The van der Waals surface area contributed by atoms with Crippen LogP contribution in [0.5, 0.6) is 5.75 Å². The Morgan fingerprint density at radius 2 is 1.71 bits per heavy atom. The molecule has 2 aromatic carbocycles. The van der Waals surface area contributed by atoms with Gasteiger partial charge in [0.25, 0.3) is 10.0 Å². The van der Waals surface area contributed by atoms with Gasteiger partial charge in [-0.25, -0.2) is 8.42 Å². The third-order valence-electron chi connectivity index (χ3n) is 4.27. The molecule has 0 saturated carbocycles. The lowest BCUT2D eigenvalue weighted by molar-refractivity contribution is -0.129. The number of carbonyl (C=O) groups is 1. The van der Waals surface area contributed by atoms with Crippen LogP contribution in [0.15, 0.2) is 59.5 Å². The number of hydrogen-bond acceptors (Lipinski definition) is 5. The van der Waals surface area contributed by atoms with Crippen molar-refractivity contribution in [2.75, 3.05) is 38.1 Å². The fourth-order valence-corrected chi connectivity index (χ4v) is 3.75. The van der Waals surface area contributed by atoms with Gasteiger partial charge in [-0.3, -0.25) is 9.52 Å². The van der Waals surface area contributed by atoms with Crippen LogP contribution in [0.25, 0.3) is 6.08 Å². The van der Waals surface area contributed by atoms with Crippen molar-refractivity contribution in [1.29, 1.82) is 0 Å². The Bertz CT molecular complexity index is 932. The minimum absolute atomic E-state index is 0.0822. The van der Waals surface area contributed by atoms with Crippen LogP contribution < -0.4 is 9.46 Å². The second-order valence-electron chi connectivity index (χ2n) is 6.17. The minimum atomic E-state index is -3.70. The topological polar surface area (TPSA) is 84.9 Å². The molecule has 0 bridgehead atoms. The molecule has 148 valence electrons. The molecule has 0 spiro atoms. The van der Waals surface area contributed by atoms with Crippen molar-refractivity contribution in [2.45, 2.75) is 4.90 Å². The van der Waals surface area contributed by atoms with E-state index in [0.717, 1.165) is 5.56 Å². The van der Waals surface area contributed by atoms with Gasteiger partial charge in [0.05, 0.1) is 25.2 Å². The number of methoxy groups -OCH3 is 1. The molecule has 28 heavy (non-hydrogen) atoms. The first-order valence-electron chi connectivity index (χ1n) is 8.79. The highest BCUT2D eigenvalue weighted by molar-refractivity contribution is 7.92. The number of nitrogens with zero attached hydrogens (tertiary/aromatic N) is 1. The number of amides is 1. The molecule has 1 N–H and O–H groups in total. The second kappa shape index (κ2) is 8.90. The van der Waals surface area contributed by atoms with Gasteiger partial charge in [-0.15, -0.1) is 0 Å². The highest BCUT2D eigenvalue weighted by Gasteiger charge is 2.15. The van der Waals surface area contributed by atoms with Crippen molar-refractivity contribution >= 4 is 27.7 Å². The van der Waals surface area contributed by atoms with Gasteiger partial charge in [0.1, 0.15) is 5.75 Å². The van der Waals surface area contributed by atoms with Crippen molar-refractivity contribution in [3.8, 4) is 5.75 Å². The van der Waals surface area contributed by atoms with E-state index in [2.05, 4.69) is 4.72 Å². The molecule has 1 heterocycles. The highest BCUT2D eigenvalue weighted by atomic mass is 32.2. The molecule has 0 radical (unpaired) electrons. The van der Waals surface area contributed by atoms with Crippen LogP contribution in [-0.4, -0.2) is 52.6 Å². The first-order chi connectivity index (χ1) is 13.5. The number of hydrogen-bond donors (Lipinski definition) is 1. The maximum absolute atomic E-state index is 12.5. The standard InChI is InChI=1S/C20H22N2O5S/c1-26-18-7-5-17(6-8-18)21-28(24,25)19-9-2-16(3-10-19)4-11-20(23)22-12-14-27-15-13-22/h2-11,21H,12-15H2,1H3. The Balaban J connectivity index is 1.65. The second-order valence-corrected chi connectivity index (χ2v) is 7.86. The molecule has 0 unspecified atom stereocenters. The molecular weight excluding hydrogens is 380 g/mol. The van der Waals surface area contributed by atoms with E-state index in [4.69, 9.17) is 9.47 Å². The molecular formula is C20H22N2O5S. The highest BCUT2D eigenvalue weighted by Crippen LogP contribution is 2.20. The van der Waals surface area contributed by atoms with Crippen LogP contribution in [0.1, 0.15) is 5.56 Å². The van der Waals surface area contributed by atoms with E-state index >= 15 is 0 Å². The van der Waals surface area contributed by atoms with Crippen LogP contribution in [0.4, 0.5) is 5.69 Å². The van der Waals surface area contributed by atoms with Crippen LogP contribution in [0, 0.1) is 0 Å². The van der Waals surface area contributed by atoms with Gasteiger partial charge in [0.2, 0.25) is 5.91 Å². The summed E-state index contributed by atoms with van der Waals surface area (Å²) in [6.07, 6.45) is 3.16. The van der Waals surface area contributed by atoms with Gasteiger partial charge in [-0.05, 0) is 48.0 Å². The van der Waals surface area contributed by atoms with Crippen molar-refractivity contribution in [3.63, 3.8) is 0 Å². The average molecular weight is 402 g/mol. The molecule has 8 heteroatoms. The number of sulfonamides is 1. The number of ether oxygens (including phenoxy) is 2. The monoisotopic (exact) mass is 402 g/mol. The molecule has 3 rings (SSSR count). The fraction of sp³-hybridized carbons (Fsp3) is 0.250. The molecule has 7 nitrogen and oxygen atoms in total. The summed E-state index contributed by atoms with van der Waals surface area (Å²) in [6.45, 7) is 2.26. The zero-order valence-corrected chi connectivity index (χ0v) is 16.3. The molecule has 1 amide bonds. The normalized spacial score (nSPS) is 14.8. The SMILES string of the molecule is COc1ccc(NS(=O)(=O)c2ccc(C=CC(=O)N3CCOCC3)cc2)cc1. The number of carbonyl (C=O) groups excluding carboxylic acids is 1. The molecule has 0 aliphatic carbocycles. The lowest BCUT2D eigenvalue weighted by Crippen LogP contribution is -2.39. The molecule has 2 aromatic rings. The van der Waals surface area contributed by atoms with E-state index in [1.807, 2.05) is 0 Å². The van der Waals surface area contributed by atoms with Gasteiger partial charge >= 0.3 is 0 Å². The summed E-state index contributed by atoms with van der Waals surface area (Å²) in [6, 6.07) is 12.9. The van der Waals surface area contributed by atoms with E-state index in [-0.39, 0.29) is 10.8 Å². The van der Waals surface area contributed by atoms with Crippen molar-refractivity contribution in [1.82, 2.24) is 4.90 Å². The number of benzene rings is 2. The number of rotatable bonds is 6. The van der Waals surface area contributed by atoms with Gasteiger partial charge in [0.15, 0.2) is 0 Å². The molecule has 0 atom stereocenters. The largest absolute Gasteiger partial charge is 0.497 e. The van der Waals surface area contributed by atoms with E-state index in [0.29, 0.717) is 37.7 Å². The van der Waals surface area contributed by atoms with E-state index in [1.165, 1.54) is 18.2 Å². The average Bonchev–Trinajstić information content (AvgIpc) is 2.73. The minimum Gasteiger partial charge on any atom is -0.497 e. The summed E-state index contributed by atoms with van der Waals surface area (Å²) in [5.74, 6) is 0.562. The predicted octanol–water partition coefficient (Wildman–Crippen LogP) is 2.37. The summed E-state index contributed by atoms with van der Waals surface area (Å²) in [7, 11) is -2.16. The smallest absolute Gasteiger partial charge is 0.261 e. The number of anilines is 1. The van der Waals surface area contributed by atoms with Crippen molar-refractivity contribution in [3.05, 3.63) is 60.2 Å². The van der Waals surface area contributed by atoms with Crippen LogP contribution in [-0.2, 0) is 19.6 Å². The summed E-state index contributed by atoms with van der Waals surface area (Å²) >= 11 is 0. The summed E-state index contributed by atoms with van der Waals surface area (Å²) in [4.78, 5) is 14.0. The van der Waals surface area contributed by atoms with E-state index in [1.54, 1.807) is 54.5 Å². The maximum atomic E-state index is 12.5. The summed E-state index contributed by atoms with van der Waals surface area (Å²) < 4.78 is 37.8. The Morgan fingerprint density at radius 3 is 2.32 bits per heavy atom. The van der Waals surface area contributed by atoms with Gasteiger partial charge < -0.3 is 14.4 Å². The Labute approximate surface area is 164 Å². The quantitative estimate of drug-likeness (QED) is 0.750. The zero-order chi connectivity index (χ0) is 20.0. The molecule has 1 aliphatic heterocycles. The Kier molecular flexibility index (Phi) is 6.33.